The number of piperidine rings is 1. The second-order valence-electron chi connectivity index (χ2n) is 10.1. The number of rotatable bonds is 14. The summed E-state index contributed by atoms with van der Waals surface area (Å²) in [6.07, 6.45) is 12.1. The Morgan fingerprint density at radius 2 is 1.59 bits per heavy atom. The van der Waals surface area contributed by atoms with Gasteiger partial charge in [-0.25, -0.2) is 0 Å². The monoisotopic (exact) mass is 506 g/mol. The highest BCUT2D eigenvalue weighted by Gasteiger charge is 2.18. The zero-order valence-corrected chi connectivity index (χ0v) is 22.7. The van der Waals surface area contributed by atoms with Gasteiger partial charge in [0.05, 0.1) is 31.6 Å². The van der Waals surface area contributed by atoms with Crippen LogP contribution in [0.5, 0.6) is 17.2 Å². The number of hydrogen-bond acceptors (Lipinski definition) is 6. The maximum absolute atomic E-state index is 6.32. The Morgan fingerprint density at radius 3 is 2.35 bits per heavy atom. The van der Waals surface area contributed by atoms with E-state index in [0.717, 1.165) is 40.4 Å². The van der Waals surface area contributed by atoms with Crippen LogP contribution in [-0.2, 0) is 0 Å². The van der Waals surface area contributed by atoms with Crippen molar-refractivity contribution in [1.29, 1.82) is 0 Å². The molecular formula is C31H42N2O4. The Labute approximate surface area is 221 Å². The topological polar surface area (TPSA) is 57.0 Å². The Balaban J connectivity index is 1.36. The molecule has 0 amide bonds. The van der Waals surface area contributed by atoms with E-state index in [-0.39, 0.29) is 6.10 Å². The lowest BCUT2D eigenvalue weighted by atomic mass is 10.0. The van der Waals surface area contributed by atoms with Crippen LogP contribution in [0, 0.1) is 0 Å². The van der Waals surface area contributed by atoms with Crippen molar-refractivity contribution in [3.8, 4) is 39.7 Å². The molecule has 4 rings (SSSR count). The Morgan fingerprint density at radius 1 is 0.865 bits per heavy atom. The van der Waals surface area contributed by atoms with Crippen molar-refractivity contribution in [1.82, 2.24) is 10.1 Å². The number of methoxy groups -OCH3 is 1. The number of nitrogens with zero attached hydrogens (tertiary/aromatic N) is 2. The fraction of sp³-hybridized carbons (Fsp3) is 0.516. The van der Waals surface area contributed by atoms with Gasteiger partial charge in [0.25, 0.3) is 0 Å². The van der Waals surface area contributed by atoms with Gasteiger partial charge in [0.1, 0.15) is 17.2 Å². The third-order valence-corrected chi connectivity index (χ3v) is 6.87. The minimum absolute atomic E-state index is 0.0868. The summed E-state index contributed by atoms with van der Waals surface area (Å²) in [4.78, 5) is 2.63. The summed E-state index contributed by atoms with van der Waals surface area (Å²) in [6, 6.07) is 13.8. The van der Waals surface area contributed by atoms with Gasteiger partial charge < -0.3 is 23.6 Å². The maximum Gasteiger partial charge on any atom is 0.178 e. The van der Waals surface area contributed by atoms with Crippen LogP contribution >= 0.6 is 0 Å². The number of aromatic nitrogens is 1. The molecule has 1 aliphatic heterocycles. The second kappa shape index (κ2) is 14.1. The molecule has 3 aromatic rings. The van der Waals surface area contributed by atoms with Crippen molar-refractivity contribution in [3.05, 3.63) is 48.7 Å². The summed E-state index contributed by atoms with van der Waals surface area (Å²) < 4.78 is 23.3. The summed E-state index contributed by atoms with van der Waals surface area (Å²) in [6.45, 7) is 8.56. The molecule has 0 unspecified atom stereocenters. The van der Waals surface area contributed by atoms with Gasteiger partial charge in [0.2, 0.25) is 0 Å². The summed E-state index contributed by atoms with van der Waals surface area (Å²) >= 11 is 0. The van der Waals surface area contributed by atoms with E-state index in [1.807, 2.05) is 56.3 Å². The van der Waals surface area contributed by atoms with Crippen LogP contribution in [0.3, 0.4) is 0 Å². The molecule has 1 fully saturated rings. The van der Waals surface area contributed by atoms with Gasteiger partial charge in [-0.2, -0.15) is 0 Å². The fourth-order valence-corrected chi connectivity index (χ4v) is 4.90. The van der Waals surface area contributed by atoms with Crippen LogP contribution in [0.25, 0.3) is 22.5 Å². The molecular weight excluding hydrogens is 464 g/mol. The minimum atomic E-state index is 0.0868. The van der Waals surface area contributed by atoms with E-state index >= 15 is 0 Å². The molecule has 0 radical (unpaired) electrons. The molecule has 0 N–H and O–H groups in total. The van der Waals surface area contributed by atoms with E-state index < -0.39 is 0 Å². The second-order valence-corrected chi connectivity index (χ2v) is 10.1. The van der Waals surface area contributed by atoms with Gasteiger partial charge in [0.15, 0.2) is 5.76 Å². The van der Waals surface area contributed by atoms with E-state index in [1.54, 1.807) is 13.3 Å². The summed E-state index contributed by atoms with van der Waals surface area (Å²) in [5, 5.41) is 4.10. The van der Waals surface area contributed by atoms with Crippen molar-refractivity contribution >= 4 is 0 Å². The first-order chi connectivity index (χ1) is 18.1. The zero-order chi connectivity index (χ0) is 25.9. The highest BCUT2D eigenvalue weighted by Crippen LogP contribution is 2.39. The lowest BCUT2D eigenvalue weighted by Crippen LogP contribution is -2.30. The molecule has 0 atom stereocenters. The Hall–Kier alpha value is -2.99. The van der Waals surface area contributed by atoms with Gasteiger partial charge in [-0.3, -0.25) is 0 Å². The number of likely N-dealkylation sites (tertiary alicyclic amines) is 1. The van der Waals surface area contributed by atoms with Crippen LogP contribution in [0.15, 0.2) is 53.2 Å². The van der Waals surface area contributed by atoms with Crippen LogP contribution in [-0.4, -0.2) is 49.5 Å². The number of hydrogen-bond donors (Lipinski definition) is 0. The lowest BCUT2D eigenvalue weighted by Gasteiger charge is -2.26. The average Bonchev–Trinajstić information content (AvgIpc) is 3.40. The third-order valence-electron chi connectivity index (χ3n) is 6.87. The molecule has 1 aromatic heterocycles. The van der Waals surface area contributed by atoms with Gasteiger partial charge >= 0.3 is 0 Å². The van der Waals surface area contributed by atoms with Crippen LogP contribution in [0.1, 0.15) is 65.2 Å². The smallest absolute Gasteiger partial charge is 0.178 e. The molecule has 0 saturated carbocycles. The van der Waals surface area contributed by atoms with E-state index in [4.69, 9.17) is 18.7 Å². The van der Waals surface area contributed by atoms with Gasteiger partial charge in [-0.1, -0.05) is 43.0 Å². The number of ether oxygens (including phenoxy) is 3. The minimum Gasteiger partial charge on any atom is -0.497 e. The first-order valence-corrected chi connectivity index (χ1v) is 13.9. The lowest BCUT2D eigenvalue weighted by molar-refractivity contribution is 0.223. The molecule has 2 heterocycles. The number of unbranched alkanes of at least 4 members (excludes halogenated alkanes) is 4. The highest BCUT2D eigenvalue weighted by atomic mass is 16.5. The first-order valence-electron chi connectivity index (χ1n) is 13.9. The van der Waals surface area contributed by atoms with Gasteiger partial charge in [0, 0.05) is 11.6 Å². The van der Waals surface area contributed by atoms with Crippen LogP contribution in [0.2, 0.25) is 0 Å². The molecule has 0 spiro atoms. The highest BCUT2D eigenvalue weighted by molar-refractivity contribution is 5.82. The van der Waals surface area contributed by atoms with E-state index in [2.05, 4.69) is 10.1 Å². The Bertz CT molecular complexity index is 1070. The van der Waals surface area contributed by atoms with Crippen molar-refractivity contribution in [2.24, 2.45) is 0 Å². The summed E-state index contributed by atoms with van der Waals surface area (Å²) in [5.41, 5.74) is 2.80. The van der Waals surface area contributed by atoms with Crippen molar-refractivity contribution in [2.75, 3.05) is 33.4 Å². The predicted molar refractivity (Wildman–Crippen MR) is 149 cm³/mol. The normalized spacial score (nSPS) is 14.2. The quantitative estimate of drug-likeness (QED) is 0.210. The zero-order valence-electron chi connectivity index (χ0n) is 22.7. The molecule has 0 aliphatic carbocycles. The van der Waals surface area contributed by atoms with Crippen molar-refractivity contribution in [2.45, 2.75) is 71.3 Å². The third kappa shape index (κ3) is 8.00. The van der Waals surface area contributed by atoms with Gasteiger partial charge in [-0.05, 0) is 89.0 Å². The van der Waals surface area contributed by atoms with Crippen LogP contribution in [0.4, 0.5) is 0 Å². The largest absolute Gasteiger partial charge is 0.497 e. The maximum atomic E-state index is 6.32. The number of benzene rings is 2. The summed E-state index contributed by atoms with van der Waals surface area (Å²) in [5.74, 6) is 3.05. The van der Waals surface area contributed by atoms with Crippen molar-refractivity contribution in [3.63, 3.8) is 0 Å². The fourth-order valence-electron chi connectivity index (χ4n) is 4.90. The van der Waals surface area contributed by atoms with E-state index in [9.17, 15) is 0 Å². The Kier molecular flexibility index (Phi) is 10.3. The standard InChI is InChI=1S/C31H42N2O4/c1-24(2)36-27-16-17-28(31-29(23-32-37-31)25-12-14-26(34-3)15-13-25)30(22-27)35-21-11-6-4-5-8-18-33-19-9-7-10-20-33/h12-17,22-24H,4-11,18-21H2,1-3H3. The van der Waals surface area contributed by atoms with E-state index in [0.29, 0.717) is 12.4 Å². The molecule has 37 heavy (non-hydrogen) atoms. The molecule has 6 heteroatoms. The molecule has 1 saturated heterocycles. The molecule has 6 nitrogen and oxygen atoms in total. The summed E-state index contributed by atoms with van der Waals surface area (Å²) in [7, 11) is 1.67. The van der Waals surface area contributed by atoms with Crippen LogP contribution < -0.4 is 14.2 Å². The molecule has 1 aliphatic rings. The molecule has 2 aromatic carbocycles. The predicted octanol–water partition coefficient (Wildman–Crippen LogP) is 7.62. The van der Waals surface area contributed by atoms with E-state index in [1.165, 1.54) is 64.6 Å². The SMILES string of the molecule is COc1ccc(-c2cnoc2-c2ccc(OC(C)C)cc2OCCCCCCCN2CCCCC2)cc1. The molecule has 0 bridgehead atoms. The molecule has 200 valence electrons. The average molecular weight is 507 g/mol. The van der Waals surface area contributed by atoms with Gasteiger partial charge in [-0.15, -0.1) is 0 Å². The van der Waals surface area contributed by atoms with Crippen molar-refractivity contribution < 1.29 is 18.7 Å². The first kappa shape index (κ1) is 27.1.